The van der Waals surface area contributed by atoms with Gasteiger partial charge in [0.05, 0.1) is 0 Å². The summed E-state index contributed by atoms with van der Waals surface area (Å²) in [5.41, 5.74) is 0. The van der Waals surface area contributed by atoms with Crippen molar-refractivity contribution in [3.63, 3.8) is 0 Å². The number of hydrogen-bond acceptors (Lipinski definition) is 3. The monoisotopic (exact) mass is 266 g/mol. The van der Waals surface area contributed by atoms with E-state index in [0.717, 1.165) is 0 Å². The minimum atomic E-state index is -5.08. The number of carbonyl (C=O) groups is 2. The van der Waals surface area contributed by atoms with E-state index in [0.29, 0.717) is 5.75 Å². The predicted octanol–water partition coefficient (Wildman–Crippen LogP) is 1.78. The number of carboxylic acid groups (broad SMARTS) is 2. The van der Waals surface area contributed by atoms with E-state index in [2.05, 4.69) is 0 Å². The van der Waals surface area contributed by atoms with Crippen LogP contribution in [-0.4, -0.2) is 34.9 Å². The van der Waals surface area contributed by atoms with Gasteiger partial charge in [0.15, 0.2) is 6.61 Å². The highest BCUT2D eigenvalue weighted by atomic mass is 19.4. The molecule has 5 nitrogen and oxygen atoms in total. The van der Waals surface area contributed by atoms with Gasteiger partial charge < -0.3 is 14.9 Å². The molecule has 1 aromatic rings. The first-order chi connectivity index (χ1) is 8.23. The van der Waals surface area contributed by atoms with Gasteiger partial charge >= 0.3 is 18.1 Å². The molecular weight excluding hydrogens is 257 g/mol. The molecule has 8 heteroatoms. The highest BCUT2D eigenvalue weighted by Gasteiger charge is 2.38. The Kier molecular flexibility index (Phi) is 6.26. The van der Waals surface area contributed by atoms with Gasteiger partial charge in [-0.3, -0.25) is 0 Å². The van der Waals surface area contributed by atoms with Crippen LogP contribution in [0.5, 0.6) is 5.75 Å². The number of aliphatic carboxylic acids is 2. The first kappa shape index (κ1) is 15.8. The lowest BCUT2D eigenvalue weighted by Crippen LogP contribution is -2.21. The van der Waals surface area contributed by atoms with Crippen LogP contribution in [0.25, 0.3) is 0 Å². The normalized spacial score (nSPS) is 9.94. The molecule has 0 aromatic heterocycles. The number of rotatable bonds is 3. The van der Waals surface area contributed by atoms with Crippen LogP contribution in [0.1, 0.15) is 0 Å². The fourth-order valence-corrected chi connectivity index (χ4v) is 0.662. The summed E-state index contributed by atoms with van der Waals surface area (Å²) in [6, 6.07) is 8.84. The molecule has 1 aromatic carbocycles. The molecular formula is C10H9F3O5. The van der Waals surface area contributed by atoms with Crippen molar-refractivity contribution in [2.24, 2.45) is 0 Å². The summed E-state index contributed by atoms with van der Waals surface area (Å²) in [6.45, 7) is -0.288. The third-order valence-corrected chi connectivity index (χ3v) is 1.35. The summed E-state index contributed by atoms with van der Waals surface area (Å²) in [5.74, 6) is -3.14. The summed E-state index contributed by atoms with van der Waals surface area (Å²) in [7, 11) is 0. The zero-order chi connectivity index (χ0) is 14.2. The van der Waals surface area contributed by atoms with Crippen LogP contribution in [0.2, 0.25) is 0 Å². The van der Waals surface area contributed by atoms with Gasteiger partial charge in [-0.15, -0.1) is 0 Å². The third-order valence-electron chi connectivity index (χ3n) is 1.35. The van der Waals surface area contributed by atoms with Crippen LogP contribution in [0.4, 0.5) is 13.2 Å². The van der Waals surface area contributed by atoms with Crippen molar-refractivity contribution in [1.29, 1.82) is 0 Å². The summed E-state index contributed by atoms with van der Waals surface area (Å²) in [4.78, 5) is 18.9. The molecule has 0 unspecified atom stereocenters. The van der Waals surface area contributed by atoms with Gasteiger partial charge in [-0.2, -0.15) is 13.2 Å². The number of para-hydroxylation sites is 1. The van der Waals surface area contributed by atoms with Crippen LogP contribution < -0.4 is 4.74 Å². The van der Waals surface area contributed by atoms with Crippen molar-refractivity contribution < 1.29 is 37.7 Å². The molecule has 0 amide bonds. The van der Waals surface area contributed by atoms with Gasteiger partial charge in [0, 0.05) is 0 Å². The fraction of sp³-hybridized carbons (Fsp3) is 0.200. The Hall–Kier alpha value is -2.25. The smallest absolute Gasteiger partial charge is 0.482 e. The second-order valence-corrected chi connectivity index (χ2v) is 2.80. The molecule has 0 aliphatic carbocycles. The molecule has 18 heavy (non-hydrogen) atoms. The van der Waals surface area contributed by atoms with E-state index in [1.54, 1.807) is 24.3 Å². The predicted molar refractivity (Wildman–Crippen MR) is 53.3 cm³/mol. The van der Waals surface area contributed by atoms with Crippen molar-refractivity contribution >= 4 is 11.9 Å². The van der Waals surface area contributed by atoms with Crippen LogP contribution in [-0.2, 0) is 9.59 Å². The summed E-state index contributed by atoms with van der Waals surface area (Å²) >= 11 is 0. The van der Waals surface area contributed by atoms with Gasteiger partial charge in [0.1, 0.15) is 5.75 Å². The molecule has 0 saturated heterocycles. The molecule has 0 aliphatic rings. The zero-order valence-electron chi connectivity index (χ0n) is 8.85. The molecule has 0 atom stereocenters. The Balaban J connectivity index is 0.000000360. The number of hydrogen-bond donors (Lipinski definition) is 2. The van der Waals surface area contributed by atoms with Crippen molar-refractivity contribution in [2.45, 2.75) is 6.18 Å². The number of halogens is 3. The Morgan fingerprint density at radius 2 is 1.56 bits per heavy atom. The highest BCUT2D eigenvalue weighted by Crippen LogP contribution is 2.13. The third kappa shape index (κ3) is 7.97. The van der Waals surface area contributed by atoms with Gasteiger partial charge in [0.25, 0.3) is 0 Å². The number of alkyl halides is 3. The number of ether oxygens (including phenoxy) is 1. The molecule has 0 bridgehead atoms. The Labute approximate surface area is 99.4 Å². The maximum atomic E-state index is 10.6. The van der Waals surface area contributed by atoms with Crippen LogP contribution >= 0.6 is 0 Å². The zero-order valence-corrected chi connectivity index (χ0v) is 8.85. The van der Waals surface area contributed by atoms with Crippen molar-refractivity contribution in [1.82, 2.24) is 0 Å². The molecule has 0 heterocycles. The largest absolute Gasteiger partial charge is 0.490 e. The van der Waals surface area contributed by atoms with E-state index < -0.39 is 18.1 Å². The molecule has 0 fully saturated rings. The average molecular weight is 266 g/mol. The van der Waals surface area contributed by atoms with Gasteiger partial charge in [-0.05, 0) is 12.1 Å². The Morgan fingerprint density at radius 1 is 1.11 bits per heavy atom. The Bertz CT molecular complexity index is 388. The van der Waals surface area contributed by atoms with E-state index in [9.17, 15) is 18.0 Å². The van der Waals surface area contributed by atoms with Crippen LogP contribution in [0.15, 0.2) is 30.3 Å². The molecule has 100 valence electrons. The molecule has 0 radical (unpaired) electrons. The van der Waals surface area contributed by atoms with Crippen LogP contribution in [0.3, 0.4) is 0 Å². The molecule has 0 aliphatic heterocycles. The quantitative estimate of drug-likeness (QED) is 0.871. The maximum absolute atomic E-state index is 10.6. The molecule has 2 N–H and O–H groups in total. The van der Waals surface area contributed by atoms with E-state index in [-0.39, 0.29) is 6.61 Å². The standard InChI is InChI=1S/C8H8O3.C2HF3O2/c9-8(10)6-11-7-4-2-1-3-5-7;3-2(4,5)1(6)7/h1-5H,6H2,(H,9,10);(H,6,7). The lowest BCUT2D eigenvalue weighted by molar-refractivity contribution is -0.192. The second kappa shape index (κ2) is 7.15. The Morgan fingerprint density at radius 3 is 1.89 bits per heavy atom. The second-order valence-electron chi connectivity index (χ2n) is 2.80. The molecule has 0 spiro atoms. The van der Waals surface area contributed by atoms with Crippen LogP contribution in [0, 0.1) is 0 Å². The summed E-state index contributed by atoms with van der Waals surface area (Å²) in [5, 5.41) is 15.4. The van der Waals surface area contributed by atoms with Gasteiger partial charge in [0.2, 0.25) is 0 Å². The summed E-state index contributed by atoms with van der Waals surface area (Å²) in [6.07, 6.45) is -5.08. The minimum absolute atomic E-state index is 0.288. The highest BCUT2D eigenvalue weighted by molar-refractivity contribution is 5.73. The van der Waals surface area contributed by atoms with E-state index in [4.69, 9.17) is 19.7 Å². The number of benzene rings is 1. The lowest BCUT2D eigenvalue weighted by Gasteiger charge is -2.00. The van der Waals surface area contributed by atoms with Gasteiger partial charge in [-0.1, -0.05) is 18.2 Å². The first-order valence-corrected chi connectivity index (χ1v) is 4.43. The topological polar surface area (TPSA) is 83.8 Å². The molecule has 1 rings (SSSR count). The van der Waals surface area contributed by atoms with E-state index >= 15 is 0 Å². The first-order valence-electron chi connectivity index (χ1n) is 4.43. The van der Waals surface area contributed by atoms with Crippen molar-refractivity contribution in [2.75, 3.05) is 6.61 Å². The van der Waals surface area contributed by atoms with Crippen molar-refractivity contribution in [3.8, 4) is 5.75 Å². The average Bonchev–Trinajstić information content (AvgIpc) is 2.27. The minimum Gasteiger partial charge on any atom is -0.482 e. The summed E-state index contributed by atoms with van der Waals surface area (Å²) < 4.78 is 36.6. The van der Waals surface area contributed by atoms with Gasteiger partial charge in [-0.25, -0.2) is 9.59 Å². The van der Waals surface area contributed by atoms with E-state index in [1.807, 2.05) is 6.07 Å². The fourth-order valence-electron chi connectivity index (χ4n) is 0.662. The lowest BCUT2D eigenvalue weighted by atomic mass is 10.3. The maximum Gasteiger partial charge on any atom is 0.490 e. The molecule has 0 saturated carbocycles. The number of carboxylic acids is 2. The van der Waals surface area contributed by atoms with Crippen molar-refractivity contribution in [3.05, 3.63) is 30.3 Å². The SMILES string of the molecule is O=C(O)C(F)(F)F.O=C(O)COc1ccccc1. The van der Waals surface area contributed by atoms with E-state index in [1.165, 1.54) is 0 Å².